The highest BCUT2D eigenvalue weighted by Gasteiger charge is 2.40. The van der Waals surface area contributed by atoms with E-state index in [1.54, 1.807) is 18.2 Å². The Morgan fingerprint density at radius 3 is 2.83 bits per heavy atom. The van der Waals surface area contributed by atoms with Crippen LogP contribution in [0.2, 0.25) is 0 Å². The van der Waals surface area contributed by atoms with Gasteiger partial charge in [0.1, 0.15) is 5.82 Å². The van der Waals surface area contributed by atoms with Gasteiger partial charge in [0.2, 0.25) is 0 Å². The molecule has 1 fully saturated rings. The normalized spacial score (nSPS) is 21.1. The zero-order chi connectivity index (χ0) is 16.8. The topological polar surface area (TPSA) is 70.6 Å². The fourth-order valence-electron chi connectivity index (χ4n) is 2.40. The summed E-state index contributed by atoms with van der Waals surface area (Å²) < 4.78 is 19.0. The van der Waals surface area contributed by atoms with E-state index < -0.39 is 6.10 Å². The molecule has 2 amide bonds. The van der Waals surface area contributed by atoms with Gasteiger partial charge in [0.05, 0.1) is 12.7 Å². The molecule has 5 nitrogen and oxygen atoms in total. The Morgan fingerprint density at radius 1 is 1.39 bits per heavy atom. The minimum absolute atomic E-state index is 0.0289. The summed E-state index contributed by atoms with van der Waals surface area (Å²) in [5, 5.41) is 15.1. The maximum atomic E-state index is 13.6. The summed E-state index contributed by atoms with van der Waals surface area (Å²) in [4.78, 5) is 11.8. The molecule has 1 aliphatic rings. The molecular formula is C17H25FN2O3. The Hall–Kier alpha value is -1.66. The van der Waals surface area contributed by atoms with E-state index >= 15 is 0 Å². The Morgan fingerprint density at radius 2 is 2.13 bits per heavy atom. The number of halogens is 1. The molecule has 0 aliphatic heterocycles. The van der Waals surface area contributed by atoms with Crippen molar-refractivity contribution < 1.29 is 19.0 Å². The molecule has 0 heterocycles. The van der Waals surface area contributed by atoms with Crippen molar-refractivity contribution in [2.75, 3.05) is 19.8 Å². The molecule has 3 unspecified atom stereocenters. The highest BCUT2D eigenvalue weighted by Crippen LogP contribution is 2.41. The molecule has 6 heteroatoms. The molecule has 0 saturated heterocycles. The van der Waals surface area contributed by atoms with Crippen molar-refractivity contribution in [1.82, 2.24) is 10.6 Å². The van der Waals surface area contributed by atoms with Crippen LogP contribution in [0, 0.1) is 11.7 Å². The van der Waals surface area contributed by atoms with Crippen molar-refractivity contribution in [3.8, 4) is 0 Å². The number of hydrogen-bond acceptors (Lipinski definition) is 3. The molecule has 23 heavy (non-hydrogen) atoms. The van der Waals surface area contributed by atoms with E-state index in [0.717, 1.165) is 6.42 Å². The first-order valence-electron chi connectivity index (χ1n) is 8.02. The first-order valence-corrected chi connectivity index (χ1v) is 8.02. The summed E-state index contributed by atoms with van der Waals surface area (Å²) >= 11 is 0. The number of carbonyl (C=O) groups excluding carboxylic acids is 1. The van der Waals surface area contributed by atoms with Gasteiger partial charge in [0.25, 0.3) is 0 Å². The standard InChI is InChI=1S/C17H25FN2O3/c1-11(2)9-23-10-12(21)8-19-17(22)20-16-7-14(16)13-5-3-4-6-15(13)18/h3-6,11-12,14,16,21H,7-10H2,1-2H3,(H2,19,20,22). The molecule has 128 valence electrons. The lowest BCUT2D eigenvalue weighted by atomic mass is 10.1. The maximum Gasteiger partial charge on any atom is 0.315 e. The van der Waals surface area contributed by atoms with Crippen LogP contribution in [-0.4, -0.2) is 43.0 Å². The number of aliphatic hydroxyl groups is 1. The van der Waals surface area contributed by atoms with Crippen molar-refractivity contribution in [3.05, 3.63) is 35.6 Å². The van der Waals surface area contributed by atoms with E-state index in [9.17, 15) is 14.3 Å². The number of rotatable bonds is 8. The van der Waals surface area contributed by atoms with Crippen LogP contribution in [-0.2, 0) is 4.74 Å². The average Bonchev–Trinajstić information content (AvgIpc) is 3.24. The fraction of sp³-hybridized carbons (Fsp3) is 0.588. The molecule has 2 rings (SSSR count). The predicted octanol–water partition coefficient (Wildman–Crippen LogP) is 2.01. The number of urea groups is 1. The number of carbonyl (C=O) groups is 1. The number of aliphatic hydroxyl groups excluding tert-OH is 1. The smallest absolute Gasteiger partial charge is 0.315 e. The molecule has 0 aromatic heterocycles. The third kappa shape index (κ3) is 5.80. The van der Waals surface area contributed by atoms with Crippen LogP contribution in [0.5, 0.6) is 0 Å². The molecule has 0 radical (unpaired) electrons. The number of hydrogen-bond donors (Lipinski definition) is 3. The first-order chi connectivity index (χ1) is 11.0. The molecule has 3 atom stereocenters. The fourth-order valence-corrected chi connectivity index (χ4v) is 2.40. The van der Waals surface area contributed by atoms with Crippen molar-refractivity contribution in [1.29, 1.82) is 0 Å². The van der Waals surface area contributed by atoms with E-state index in [-0.39, 0.29) is 37.0 Å². The van der Waals surface area contributed by atoms with Crippen LogP contribution in [0.15, 0.2) is 24.3 Å². The molecule has 1 aromatic carbocycles. The summed E-state index contributed by atoms with van der Waals surface area (Å²) in [5.41, 5.74) is 0.639. The second-order valence-corrected chi connectivity index (χ2v) is 6.41. The SMILES string of the molecule is CC(C)COCC(O)CNC(=O)NC1CC1c1ccccc1F. The molecule has 1 saturated carbocycles. The van der Waals surface area contributed by atoms with Gasteiger partial charge in [-0.1, -0.05) is 32.0 Å². The number of ether oxygens (including phenoxy) is 1. The van der Waals surface area contributed by atoms with Crippen molar-refractivity contribution >= 4 is 6.03 Å². The third-order valence-electron chi connectivity index (χ3n) is 3.67. The van der Waals surface area contributed by atoms with Gasteiger partial charge in [-0.25, -0.2) is 9.18 Å². The van der Waals surface area contributed by atoms with Crippen LogP contribution in [0.25, 0.3) is 0 Å². The third-order valence-corrected chi connectivity index (χ3v) is 3.67. The van der Waals surface area contributed by atoms with E-state index in [1.165, 1.54) is 6.07 Å². The monoisotopic (exact) mass is 324 g/mol. The summed E-state index contributed by atoms with van der Waals surface area (Å²) in [5.74, 6) is 0.199. The maximum absolute atomic E-state index is 13.6. The summed E-state index contributed by atoms with van der Waals surface area (Å²) in [7, 11) is 0. The highest BCUT2D eigenvalue weighted by atomic mass is 19.1. The first kappa shape index (κ1) is 17.7. The Labute approximate surface area is 136 Å². The van der Waals surface area contributed by atoms with Crippen LogP contribution >= 0.6 is 0 Å². The van der Waals surface area contributed by atoms with E-state index in [2.05, 4.69) is 10.6 Å². The van der Waals surface area contributed by atoms with Gasteiger partial charge in [0, 0.05) is 25.1 Å². The zero-order valence-electron chi connectivity index (χ0n) is 13.6. The van der Waals surface area contributed by atoms with Crippen molar-refractivity contribution in [2.45, 2.75) is 38.3 Å². The summed E-state index contributed by atoms with van der Waals surface area (Å²) in [6.45, 7) is 4.95. The summed E-state index contributed by atoms with van der Waals surface area (Å²) in [6, 6.07) is 6.21. The number of amides is 2. The Kier molecular flexibility index (Phi) is 6.36. The van der Waals surface area contributed by atoms with Gasteiger partial charge in [0.15, 0.2) is 0 Å². The van der Waals surface area contributed by atoms with Crippen LogP contribution < -0.4 is 10.6 Å². The second kappa shape index (κ2) is 8.26. The number of nitrogens with one attached hydrogen (secondary N) is 2. The van der Waals surface area contributed by atoms with E-state index in [0.29, 0.717) is 18.1 Å². The largest absolute Gasteiger partial charge is 0.389 e. The molecular weight excluding hydrogens is 299 g/mol. The lowest BCUT2D eigenvalue weighted by Crippen LogP contribution is -2.42. The van der Waals surface area contributed by atoms with Crippen molar-refractivity contribution in [2.24, 2.45) is 5.92 Å². The number of benzene rings is 1. The molecule has 0 bridgehead atoms. The quantitative estimate of drug-likeness (QED) is 0.685. The Bertz CT molecular complexity index is 524. The van der Waals surface area contributed by atoms with Crippen LogP contribution in [0.1, 0.15) is 31.7 Å². The molecule has 1 aromatic rings. The van der Waals surface area contributed by atoms with Crippen molar-refractivity contribution in [3.63, 3.8) is 0 Å². The van der Waals surface area contributed by atoms with Gasteiger partial charge in [-0.15, -0.1) is 0 Å². The molecule has 3 N–H and O–H groups in total. The summed E-state index contributed by atoms with van der Waals surface area (Å²) in [6.07, 6.45) is -0.00456. The average molecular weight is 324 g/mol. The van der Waals surface area contributed by atoms with Gasteiger partial charge in [-0.05, 0) is 24.0 Å². The molecule has 0 spiro atoms. The van der Waals surface area contributed by atoms with Crippen LogP contribution in [0.3, 0.4) is 0 Å². The zero-order valence-corrected chi connectivity index (χ0v) is 13.6. The van der Waals surface area contributed by atoms with Gasteiger partial charge >= 0.3 is 6.03 Å². The van der Waals surface area contributed by atoms with Gasteiger partial charge in [-0.2, -0.15) is 0 Å². The Balaban J connectivity index is 1.64. The van der Waals surface area contributed by atoms with Gasteiger partial charge in [-0.3, -0.25) is 0 Å². The lowest BCUT2D eigenvalue weighted by Gasteiger charge is -2.14. The minimum atomic E-state index is -0.735. The van der Waals surface area contributed by atoms with E-state index in [1.807, 2.05) is 13.8 Å². The van der Waals surface area contributed by atoms with Crippen LogP contribution in [0.4, 0.5) is 9.18 Å². The lowest BCUT2D eigenvalue weighted by molar-refractivity contribution is 0.0272. The minimum Gasteiger partial charge on any atom is -0.389 e. The molecule has 1 aliphatic carbocycles. The highest BCUT2D eigenvalue weighted by molar-refractivity contribution is 5.74. The van der Waals surface area contributed by atoms with Gasteiger partial charge < -0.3 is 20.5 Å². The predicted molar refractivity (Wildman–Crippen MR) is 85.7 cm³/mol. The van der Waals surface area contributed by atoms with E-state index in [4.69, 9.17) is 4.74 Å². The second-order valence-electron chi connectivity index (χ2n) is 6.41.